The molecule has 0 unspecified atom stereocenters. The lowest BCUT2D eigenvalue weighted by molar-refractivity contribution is -0.00828. The molecule has 4 heterocycles. The van der Waals surface area contributed by atoms with Gasteiger partial charge in [-0.05, 0) is 31.9 Å². The molecule has 24 heavy (non-hydrogen) atoms. The van der Waals surface area contributed by atoms with Crippen LogP contribution in [0.4, 0.5) is 9.52 Å². The number of nitrogens with zero attached hydrogens (tertiary/aromatic N) is 4. The Morgan fingerprint density at radius 1 is 1.46 bits per heavy atom. The molecule has 0 radical (unpaired) electrons. The number of pyridine rings is 1. The summed E-state index contributed by atoms with van der Waals surface area (Å²) in [6.45, 7) is 4.14. The molecule has 0 saturated carbocycles. The highest BCUT2D eigenvalue weighted by Gasteiger charge is 2.45. The summed E-state index contributed by atoms with van der Waals surface area (Å²) in [4.78, 5) is 6.19. The van der Waals surface area contributed by atoms with E-state index in [4.69, 9.17) is 9.47 Å². The van der Waals surface area contributed by atoms with Gasteiger partial charge in [-0.2, -0.15) is 0 Å². The summed E-state index contributed by atoms with van der Waals surface area (Å²) in [6, 6.07) is 2.91. The smallest absolute Gasteiger partial charge is 0.250 e. The van der Waals surface area contributed by atoms with Crippen LogP contribution >= 0.6 is 11.3 Å². The molecule has 0 amide bonds. The molecular formula is C16H19FN4O2S. The predicted octanol–water partition coefficient (Wildman–Crippen LogP) is 2.59. The predicted molar refractivity (Wildman–Crippen MR) is 88.0 cm³/mol. The van der Waals surface area contributed by atoms with Crippen molar-refractivity contribution in [1.82, 2.24) is 15.2 Å². The van der Waals surface area contributed by atoms with E-state index in [1.165, 1.54) is 12.3 Å². The lowest BCUT2D eigenvalue weighted by Gasteiger charge is -2.39. The number of aryl methyl sites for hydroxylation is 1. The number of aromatic nitrogens is 3. The van der Waals surface area contributed by atoms with Gasteiger partial charge in [0.2, 0.25) is 5.13 Å². The van der Waals surface area contributed by atoms with Crippen LogP contribution in [0.1, 0.15) is 24.3 Å². The second kappa shape index (κ2) is 6.25. The topological polar surface area (TPSA) is 60.4 Å². The van der Waals surface area contributed by atoms with Gasteiger partial charge < -0.3 is 14.4 Å². The van der Waals surface area contributed by atoms with Crippen molar-refractivity contribution in [3.05, 3.63) is 29.2 Å². The maximum Gasteiger partial charge on any atom is 0.250 e. The lowest BCUT2D eigenvalue weighted by Crippen LogP contribution is -2.48. The minimum Gasteiger partial charge on any atom is -0.470 e. The molecule has 2 aliphatic heterocycles. The SMILES string of the molecule is Cc1nnc(N2CCC[C@]3(C[C@H](Oc4ncccc4F)CO3)C2)s1. The number of ether oxygens (including phenoxy) is 2. The fraction of sp³-hybridized carbons (Fsp3) is 0.562. The van der Waals surface area contributed by atoms with Crippen LogP contribution in [-0.2, 0) is 4.74 Å². The van der Waals surface area contributed by atoms with Gasteiger partial charge in [0.25, 0.3) is 5.88 Å². The van der Waals surface area contributed by atoms with Gasteiger partial charge in [-0.3, -0.25) is 0 Å². The Balaban J connectivity index is 1.44. The molecular weight excluding hydrogens is 331 g/mol. The minimum atomic E-state index is -0.437. The highest BCUT2D eigenvalue weighted by Crippen LogP contribution is 2.38. The van der Waals surface area contributed by atoms with Gasteiger partial charge in [-0.25, -0.2) is 9.37 Å². The molecule has 128 valence electrons. The van der Waals surface area contributed by atoms with Gasteiger partial charge in [0, 0.05) is 25.7 Å². The highest BCUT2D eigenvalue weighted by atomic mass is 32.1. The van der Waals surface area contributed by atoms with Crippen LogP contribution in [0.5, 0.6) is 5.88 Å². The van der Waals surface area contributed by atoms with Gasteiger partial charge in [0.05, 0.1) is 12.2 Å². The third kappa shape index (κ3) is 3.08. The normalized spacial score (nSPS) is 26.9. The van der Waals surface area contributed by atoms with Crippen molar-refractivity contribution in [1.29, 1.82) is 0 Å². The van der Waals surface area contributed by atoms with Crippen LogP contribution in [0.15, 0.2) is 18.3 Å². The summed E-state index contributed by atoms with van der Waals surface area (Å²) in [7, 11) is 0. The number of anilines is 1. The van der Waals surface area contributed by atoms with Crippen molar-refractivity contribution in [2.45, 2.75) is 37.9 Å². The van der Waals surface area contributed by atoms with E-state index in [-0.39, 0.29) is 17.6 Å². The van der Waals surface area contributed by atoms with Gasteiger partial charge >= 0.3 is 0 Å². The quantitative estimate of drug-likeness (QED) is 0.848. The summed E-state index contributed by atoms with van der Waals surface area (Å²) in [5, 5.41) is 10.2. The Morgan fingerprint density at radius 2 is 2.38 bits per heavy atom. The van der Waals surface area contributed by atoms with Crippen molar-refractivity contribution < 1.29 is 13.9 Å². The molecule has 2 aliphatic rings. The molecule has 2 aromatic rings. The van der Waals surface area contributed by atoms with Gasteiger partial charge in [-0.1, -0.05) is 11.3 Å². The second-order valence-corrected chi connectivity index (χ2v) is 7.52. The van der Waals surface area contributed by atoms with Gasteiger partial charge in [-0.15, -0.1) is 10.2 Å². The number of rotatable bonds is 3. The summed E-state index contributed by atoms with van der Waals surface area (Å²) < 4.78 is 25.5. The molecule has 0 bridgehead atoms. The zero-order chi connectivity index (χ0) is 16.6. The fourth-order valence-corrected chi connectivity index (χ4v) is 4.17. The zero-order valence-electron chi connectivity index (χ0n) is 13.4. The van der Waals surface area contributed by atoms with Crippen molar-refractivity contribution in [3.63, 3.8) is 0 Å². The third-order valence-corrected chi connectivity index (χ3v) is 5.40. The molecule has 0 N–H and O–H groups in total. The molecule has 2 saturated heterocycles. The van der Waals surface area contributed by atoms with E-state index >= 15 is 0 Å². The maximum atomic E-state index is 13.7. The molecule has 4 rings (SSSR count). The Labute approximate surface area is 143 Å². The Morgan fingerprint density at radius 3 is 3.17 bits per heavy atom. The standard InChI is InChI=1S/C16H19FN4O2S/c1-11-19-20-15(24-11)21-7-3-5-16(10-21)8-12(9-22-16)23-14-13(17)4-2-6-18-14/h2,4,6,12H,3,5,7-10H2,1H3/t12-,16-/m0/s1. The van der Waals surface area contributed by atoms with Crippen LogP contribution in [0.25, 0.3) is 0 Å². The van der Waals surface area contributed by atoms with E-state index in [1.807, 2.05) is 6.92 Å². The van der Waals surface area contributed by atoms with E-state index in [1.54, 1.807) is 17.4 Å². The average Bonchev–Trinajstić information content (AvgIpc) is 3.17. The van der Waals surface area contributed by atoms with Crippen molar-refractivity contribution >= 4 is 16.5 Å². The average molecular weight is 350 g/mol. The molecule has 1 spiro atoms. The molecule has 8 heteroatoms. The van der Waals surface area contributed by atoms with E-state index in [0.717, 1.165) is 42.5 Å². The minimum absolute atomic E-state index is 0.0514. The fourth-order valence-electron chi connectivity index (χ4n) is 3.45. The Kier molecular flexibility index (Phi) is 4.09. The Hall–Kier alpha value is -1.80. The number of hydrogen-bond donors (Lipinski definition) is 0. The first kappa shape index (κ1) is 15.7. The zero-order valence-corrected chi connectivity index (χ0v) is 14.3. The van der Waals surface area contributed by atoms with E-state index in [9.17, 15) is 4.39 Å². The van der Waals surface area contributed by atoms with Crippen LogP contribution < -0.4 is 9.64 Å². The summed E-state index contributed by atoms with van der Waals surface area (Å²) in [6.07, 6.45) is 4.10. The van der Waals surface area contributed by atoms with Gasteiger partial charge in [0.15, 0.2) is 5.82 Å². The summed E-state index contributed by atoms with van der Waals surface area (Å²) in [5.74, 6) is -0.386. The summed E-state index contributed by atoms with van der Waals surface area (Å²) in [5.41, 5.74) is -0.256. The molecule has 2 atom stereocenters. The lowest BCUT2D eigenvalue weighted by atomic mass is 9.89. The molecule has 0 aliphatic carbocycles. The first-order valence-electron chi connectivity index (χ1n) is 8.10. The van der Waals surface area contributed by atoms with Crippen molar-refractivity contribution in [3.8, 4) is 5.88 Å². The van der Waals surface area contributed by atoms with Gasteiger partial charge in [0.1, 0.15) is 11.1 Å². The largest absolute Gasteiger partial charge is 0.470 e. The summed E-state index contributed by atoms with van der Waals surface area (Å²) >= 11 is 1.60. The maximum absolute atomic E-state index is 13.7. The molecule has 6 nitrogen and oxygen atoms in total. The molecule has 2 aromatic heterocycles. The van der Waals surface area contributed by atoms with Crippen LogP contribution in [0, 0.1) is 12.7 Å². The molecule has 2 fully saturated rings. The number of halogens is 1. The van der Waals surface area contributed by atoms with Crippen LogP contribution in [-0.4, -0.2) is 46.6 Å². The second-order valence-electron chi connectivity index (χ2n) is 6.36. The van der Waals surface area contributed by atoms with Crippen LogP contribution in [0.2, 0.25) is 0 Å². The first-order valence-corrected chi connectivity index (χ1v) is 8.91. The van der Waals surface area contributed by atoms with E-state index in [2.05, 4.69) is 20.1 Å². The van der Waals surface area contributed by atoms with Crippen LogP contribution in [0.3, 0.4) is 0 Å². The molecule has 0 aromatic carbocycles. The number of hydrogen-bond acceptors (Lipinski definition) is 7. The first-order chi connectivity index (χ1) is 11.6. The van der Waals surface area contributed by atoms with Crippen molar-refractivity contribution in [2.75, 3.05) is 24.6 Å². The number of piperidine rings is 1. The van der Waals surface area contributed by atoms with E-state index < -0.39 is 5.82 Å². The third-order valence-electron chi connectivity index (χ3n) is 4.50. The Bertz CT molecular complexity index is 728. The monoisotopic (exact) mass is 350 g/mol. The highest BCUT2D eigenvalue weighted by molar-refractivity contribution is 7.15. The van der Waals surface area contributed by atoms with E-state index in [0.29, 0.717) is 6.61 Å². The van der Waals surface area contributed by atoms with Crippen molar-refractivity contribution in [2.24, 2.45) is 0 Å².